The first-order chi connectivity index (χ1) is 16.3. The normalized spacial score (nSPS) is 17.7. The molecule has 2 atom stereocenters. The van der Waals surface area contributed by atoms with E-state index in [1.807, 2.05) is 37.3 Å². The van der Waals surface area contributed by atoms with E-state index in [0.717, 1.165) is 17.7 Å². The molecular weight excluding hydrogens is 513 g/mol. The Kier molecular flexibility index (Phi) is 7.06. The largest absolute Gasteiger partial charge is 0.444 e. The van der Waals surface area contributed by atoms with Gasteiger partial charge in [-0.05, 0) is 58.1 Å². The van der Waals surface area contributed by atoms with Gasteiger partial charge in [-0.2, -0.15) is 13.2 Å². The smallest absolute Gasteiger partial charge is 0.416 e. The van der Waals surface area contributed by atoms with Gasteiger partial charge in [0.15, 0.2) is 0 Å². The number of hydrogen-bond donors (Lipinski definition) is 1. The third-order valence-electron chi connectivity index (χ3n) is 5.66. The molecule has 0 bridgehead atoms. The molecule has 1 amide bonds. The molecule has 0 radical (unpaired) electrons. The van der Waals surface area contributed by atoms with Crippen LogP contribution < -0.4 is 10.2 Å². The van der Waals surface area contributed by atoms with E-state index in [2.05, 4.69) is 31.2 Å². The van der Waals surface area contributed by atoms with Gasteiger partial charge in [-0.3, -0.25) is 4.90 Å². The summed E-state index contributed by atoms with van der Waals surface area (Å²) in [6.45, 7) is 1.99. The number of anilines is 2. The number of fused-ring (bicyclic) bond motifs is 1. The summed E-state index contributed by atoms with van der Waals surface area (Å²) in [7, 11) is 0. The van der Waals surface area contributed by atoms with Crippen LogP contribution in [0.15, 0.2) is 65.4 Å². The number of nitrogens with zero attached hydrogens (tertiary/aromatic N) is 3. The third kappa shape index (κ3) is 5.32. The Hall–Kier alpha value is -3.14. The lowest BCUT2D eigenvalue weighted by atomic mass is 9.89. The Bertz CT molecular complexity index is 1140. The molecule has 0 saturated heterocycles. The molecule has 10 heteroatoms. The van der Waals surface area contributed by atoms with Gasteiger partial charge in [-0.1, -0.05) is 37.3 Å². The molecule has 4 rings (SSSR count). The van der Waals surface area contributed by atoms with Crippen LogP contribution in [0.1, 0.15) is 42.5 Å². The zero-order valence-corrected chi connectivity index (χ0v) is 19.8. The van der Waals surface area contributed by atoms with Gasteiger partial charge in [0.2, 0.25) is 5.95 Å². The highest BCUT2D eigenvalue weighted by Crippen LogP contribution is 2.43. The highest BCUT2D eigenvalue weighted by molar-refractivity contribution is 9.10. The van der Waals surface area contributed by atoms with Crippen molar-refractivity contribution in [1.82, 2.24) is 9.97 Å². The average Bonchev–Trinajstić information content (AvgIpc) is 2.83. The van der Waals surface area contributed by atoms with Crippen molar-refractivity contribution < 1.29 is 22.7 Å². The topological polar surface area (TPSA) is 67.4 Å². The van der Waals surface area contributed by atoms with Crippen molar-refractivity contribution in [1.29, 1.82) is 0 Å². The fourth-order valence-electron chi connectivity index (χ4n) is 4.00. The maximum atomic E-state index is 13.5. The molecule has 0 spiro atoms. The number of nitrogens with one attached hydrogen (secondary N) is 1. The van der Waals surface area contributed by atoms with Crippen LogP contribution in [-0.4, -0.2) is 22.1 Å². The van der Waals surface area contributed by atoms with Crippen LogP contribution in [0.5, 0.6) is 0 Å². The molecule has 0 fully saturated rings. The SMILES string of the molecule is CC[C@@H]1C[C@H](Nc2ncc(Br)cn2)c2cc(C(F)(F)F)ccc2N1C(=O)OCc1ccccc1. The molecule has 0 aliphatic carbocycles. The second-order valence-electron chi connectivity index (χ2n) is 7.90. The minimum Gasteiger partial charge on any atom is -0.444 e. The van der Waals surface area contributed by atoms with Gasteiger partial charge in [0.25, 0.3) is 0 Å². The van der Waals surface area contributed by atoms with Crippen molar-refractivity contribution in [3.63, 3.8) is 0 Å². The minimum absolute atomic E-state index is 0.0665. The van der Waals surface area contributed by atoms with Crippen LogP contribution in [0.2, 0.25) is 0 Å². The van der Waals surface area contributed by atoms with E-state index in [4.69, 9.17) is 4.74 Å². The quantitative estimate of drug-likeness (QED) is 0.392. The van der Waals surface area contributed by atoms with Gasteiger partial charge in [0.1, 0.15) is 6.61 Å². The highest BCUT2D eigenvalue weighted by atomic mass is 79.9. The fourth-order valence-corrected chi connectivity index (χ4v) is 4.20. The molecule has 1 N–H and O–H groups in total. The van der Waals surface area contributed by atoms with Crippen molar-refractivity contribution >= 4 is 33.7 Å². The number of ether oxygens (including phenoxy) is 1. The number of alkyl halides is 3. The summed E-state index contributed by atoms with van der Waals surface area (Å²) in [4.78, 5) is 23.0. The summed E-state index contributed by atoms with van der Waals surface area (Å²) >= 11 is 3.27. The molecule has 2 heterocycles. The predicted octanol–water partition coefficient (Wildman–Crippen LogP) is 6.74. The predicted molar refractivity (Wildman–Crippen MR) is 125 cm³/mol. The summed E-state index contributed by atoms with van der Waals surface area (Å²) < 4.78 is 46.7. The van der Waals surface area contributed by atoms with E-state index in [9.17, 15) is 18.0 Å². The first-order valence-electron chi connectivity index (χ1n) is 10.7. The van der Waals surface area contributed by atoms with Crippen molar-refractivity contribution in [3.05, 3.63) is 82.1 Å². The molecular formula is C24H22BrF3N4O2. The zero-order chi connectivity index (χ0) is 24.3. The third-order valence-corrected chi connectivity index (χ3v) is 6.07. The van der Waals surface area contributed by atoms with E-state index >= 15 is 0 Å². The average molecular weight is 535 g/mol. The molecule has 178 valence electrons. The Labute approximate surface area is 203 Å². The Balaban J connectivity index is 1.68. The number of carbonyl (C=O) groups is 1. The van der Waals surface area contributed by atoms with Crippen molar-refractivity contribution in [3.8, 4) is 0 Å². The number of carbonyl (C=O) groups excluding carboxylic acids is 1. The van der Waals surface area contributed by atoms with E-state index in [-0.39, 0.29) is 18.6 Å². The van der Waals surface area contributed by atoms with E-state index < -0.39 is 23.9 Å². The van der Waals surface area contributed by atoms with Crippen molar-refractivity contribution in [2.24, 2.45) is 0 Å². The van der Waals surface area contributed by atoms with Crippen LogP contribution in [0.25, 0.3) is 0 Å². The molecule has 0 saturated carbocycles. The van der Waals surface area contributed by atoms with Gasteiger partial charge >= 0.3 is 12.3 Å². The first-order valence-corrected chi connectivity index (χ1v) is 11.5. The second-order valence-corrected chi connectivity index (χ2v) is 8.82. The molecule has 0 unspecified atom stereocenters. The maximum Gasteiger partial charge on any atom is 0.416 e. The summed E-state index contributed by atoms with van der Waals surface area (Å²) in [5.41, 5.74) is 0.740. The number of aromatic nitrogens is 2. The number of amides is 1. The summed E-state index contributed by atoms with van der Waals surface area (Å²) in [5, 5.41) is 3.14. The Morgan fingerprint density at radius 2 is 1.88 bits per heavy atom. The first kappa shape index (κ1) is 24.0. The van der Waals surface area contributed by atoms with Crippen LogP contribution in [0, 0.1) is 0 Å². The highest BCUT2D eigenvalue weighted by Gasteiger charge is 2.39. The van der Waals surface area contributed by atoms with Gasteiger partial charge in [0, 0.05) is 18.4 Å². The number of benzene rings is 2. The number of hydrogen-bond acceptors (Lipinski definition) is 5. The standard InChI is InChI=1S/C24H22BrF3N4O2/c1-2-18-11-20(31-22-29-12-17(25)13-30-22)19-10-16(24(26,27)28)8-9-21(19)32(18)23(33)34-14-15-6-4-3-5-7-15/h3-10,12-13,18,20H,2,11,14H2,1H3,(H,29,30,31)/t18-,20+/m1/s1. The summed E-state index contributed by atoms with van der Waals surface area (Å²) in [5.74, 6) is 0.284. The zero-order valence-electron chi connectivity index (χ0n) is 18.2. The summed E-state index contributed by atoms with van der Waals surface area (Å²) in [6.07, 6.45) is -1.07. The molecule has 6 nitrogen and oxygen atoms in total. The Morgan fingerprint density at radius 3 is 2.53 bits per heavy atom. The van der Waals surface area contributed by atoms with Gasteiger partial charge in [-0.15, -0.1) is 0 Å². The minimum atomic E-state index is -4.52. The van der Waals surface area contributed by atoms with Crippen LogP contribution in [0.4, 0.5) is 29.6 Å². The van der Waals surface area contributed by atoms with Crippen LogP contribution in [0.3, 0.4) is 0 Å². The fraction of sp³-hybridized carbons (Fsp3) is 0.292. The van der Waals surface area contributed by atoms with Gasteiger partial charge in [-0.25, -0.2) is 14.8 Å². The lowest BCUT2D eigenvalue weighted by molar-refractivity contribution is -0.137. The maximum absolute atomic E-state index is 13.5. The molecule has 1 aromatic heterocycles. The van der Waals surface area contributed by atoms with E-state index in [1.54, 1.807) is 12.4 Å². The second kappa shape index (κ2) is 10.0. The van der Waals surface area contributed by atoms with E-state index in [0.29, 0.717) is 28.6 Å². The lowest BCUT2D eigenvalue weighted by Gasteiger charge is -2.40. The molecule has 3 aromatic rings. The molecule has 2 aromatic carbocycles. The van der Waals surface area contributed by atoms with Crippen LogP contribution >= 0.6 is 15.9 Å². The van der Waals surface area contributed by atoms with E-state index in [1.165, 1.54) is 11.0 Å². The monoisotopic (exact) mass is 534 g/mol. The van der Waals surface area contributed by atoms with Crippen LogP contribution in [-0.2, 0) is 17.5 Å². The number of halogens is 4. The van der Waals surface area contributed by atoms with Crippen molar-refractivity contribution in [2.45, 2.75) is 44.6 Å². The molecule has 1 aliphatic rings. The Morgan fingerprint density at radius 1 is 1.18 bits per heavy atom. The van der Waals surface area contributed by atoms with Crippen molar-refractivity contribution in [2.75, 3.05) is 10.2 Å². The number of rotatable bonds is 5. The van der Waals surface area contributed by atoms with Gasteiger partial charge in [0.05, 0.1) is 21.8 Å². The lowest BCUT2D eigenvalue weighted by Crippen LogP contribution is -2.46. The van der Waals surface area contributed by atoms with Gasteiger partial charge < -0.3 is 10.1 Å². The molecule has 1 aliphatic heterocycles. The summed E-state index contributed by atoms with van der Waals surface area (Å²) in [6, 6.07) is 11.8. The molecule has 34 heavy (non-hydrogen) atoms.